The van der Waals surface area contributed by atoms with Crippen molar-refractivity contribution in [1.82, 2.24) is 10.2 Å². The van der Waals surface area contributed by atoms with Gasteiger partial charge in [0.25, 0.3) is 5.91 Å². The summed E-state index contributed by atoms with van der Waals surface area (Å²) in [7, 11) is 0. The van der Waals surface area contributed by atoms with Gasteiger partial charge in [0.05, 0.1) is 4.91 Å². The zero-order chi connectivity index (χ0) is 21.1. The van der Waals surface area contributed by atoms with Crippen molar-refractivity contribution < 1.29 is 19.5 Å². The highest BCUT2D eigenvalue weighted by molar-refractivity contribution is 8.26. The van der Waals surface area contributed by atoms with Gasteiger partial charge in [-0.05, 0) is 43.2 Å². The summed E-state index contributed by atoms with van der Waals surface area (Å²) in [6, 6.07) is 3.92. The van der Waals surface area contributed by atoms with Gasteiger partial charge in [-0.2, -0.15) is 0 Å². The van der Waals surface area contributed by atoms with E-state index in [1.165, 1.54) is 11.8 Å². The molecule has 0 aliphatic carbocycles. The molecular formula is C20H26N2O4S3. The maximum atomic E-state index is 12.5. The van der Waals surface area contributed by atoms with Crippen LogP contribution in [0.1, 0.15) is 56.2 Å². The third-order valence-electron chi connectivity index (χ3n) is 4.37. The van der Waals surface area contributed by atoms with Crippen molar-refractivity contribution in [3.8, 4) is 0 Å². The van der Waals surface area contributed by atoms with Gasteiger partial charge in [-0.25, -0.2) is 0 Å². The normalized spacial score (nSPS) is 15.3. The number of carboxylic acid groups (broad SMARTS) is 1. The Morgan fingerprint density at radius 1 is 1.14 bits per heavy atom. The van der Waals surface area contributed by atoms with Gasteiger partial charge in [0.1, 0.15) is 4.32 Å². The molecule has 0 spiro atoms. The summed E-state index contributed by atoms with van der Waals surface area (Å²) in [5.74, 6) is -0.791. The van der Waals surface area contributed by atoms with E-state index in [0.717, 1.165) is 37.0 Å². The standard InChI is InChI=1S/C20H26N2O4S3/c23-17(21-11-5-1-4-10-18(24)25)9-3-2-6-12-22-19(26)16(29-20(22)27)14-15-8-7-13-28-15/h7-8,13-14H,1-6,9-12H2,(H,21,23)(H,24,25)/b16-14-. The predicted octanol–water partition coefficient (Wildman–Crippen LogP) is 4.27. The zero-order valence-corrected chi connectivity index (χ0v) is 18.7. The van der Waals surface area contributed by atoms with Gasteiger partial charge in [-0.3, -0.25) is 19.3 Å². The number of carbonyl (C=O) groups excluding carboxylic acids is 2. The van der Waals surface area contributed by atoms with E-state index in [4.69, 9.17) is 17.3 Å². The van der Waals surface area contributed by atoms with Gasteiger partial charge < -0.3 is 10.4 Å². The van der Waals surface area contributed by atoms with Crippen LogP contribution in [0.3, 0.4) is 0 Å². The number of carbonyl (C=O) groups is 3. The third kappa shape index (κ3) is 8.67. The van der Waals surface area contributed by atoms with Crippen LogP contribution in [0.5, 0.6) is 0 Å². The molecule has 2 amide bonds. The number of hydrogen-bond donors (Lipinski definition) is 2. The van der Waals surface area contributed by atoms with E-state index in [0.29, 0.717) is 35.2 Å². The van der Waals surface area contributed by atoms with E-state index < -0.39 is 5.97 Å². The molecular weight excluding hydrogens is 428 g/mol. The predicted molar refractivity (Wildman–Crippen MR) is 122 cm³/mol. The van der Waals surface area contributed by atoms with Crippen LogP contribution in [-0.4, -0.2) is 45.2 Å². The van der Waals surface area contributed by atoms with Crippen LogP contribution in [0, 0.1) is 0 Å². The van der Waals surface area contributed by atoms with Crippen LogP contribution >= 0.6 is 35.3 Å². The zero-order valence-electron chi connectivity index (χ0n) is 16.2. The van der Waals surface area contributed by atoms with Gasteiger partial charge in [0, 0.05) is 30.8 Å². The Labute approximate surface area is 184 Å². The monoisotopic (exact) mass is 454 g/mol. The number of thiophene rings is 1. The van der Waals surface area contributed by atoms with Crippen LogP contribution in [-0.2, 0) is 14.4 Å². The molecule has 1 fully saturated rings. The highest BCUT2D eigenvalue weighted by Gasteiger charge is 2.31. The molecule has 1 aromatic heterocycles. The van der Waals surface area contributed by atoms with Gasteiger partial charge in [-0.1, -0.05) is 42.9 Å². The summed E-state index contributed by atoms with van der Waals surface area (Å²) < 4.78 is 0.596. The van der Waals surface area contributed by atoms with Crippen LogP contribution in [0.15, 0.2) is 22.4 Å². The fourth-order valence-electron chi connectivity index (χ4n) is 2.82. The lowest BCUT2D eigenvalue weighted by atomic mass is 10.1. The molecule has 2 heterocycles. The second kappa shape index (κ2) is 12.8. The minimum Gasteiger partial charge on any atom is -0.481 e. The van der Waals surface area contributed by atoms with Crippen molar-refractivity contribution in [2.45, 2.75) is 51.4 Å². The fraction of sp³-hybridized carbons (Fsp3) is 0.500. The first kappa shape index (κ1) is 23.6. The minimum atomic E-state index is -0.779. The molecule has 9 heteroatoms. The Bertz CT molecular complexity index is 747. The van der Waals surface area contributed by atoms with E-state index in [1.54, 1.807) is 16.2 Å². The van der Waals surface area contributed by atoms with E-state index in [-0.39, 0.29) is 18.2 Å². The molecule has 1 aromatic rings. The van der Waals surface area contributed by atoms with E-state index >= 15 is 0 Å². The SMILES string of the molecule is O=C(O)CCCCCNC(=O)CCCCCN1C(=O)/C(=C/c2cccs2)SC1=S. The number of rotatable bonds is 13. The lowest BCUT2D eigenvalue weighted by Gasteiger charge is -2.14. The Morgan fingerprint density at radius 2 is 1.90 bits per heavy atom. The van der Waals surface area contributed by atoms with E-state index in [2.05, 4.69) is 5.32 Å². The number of carboxylic acids is 1. The number of amides is 2. The third-order valence-corrected chi connectivity index (χ3v) is 6.56. The average molecular weight is 455 g/mol. The van der Waals surface area contributed by atoms with Crippen molar-refractivity contribution in [1.29, 1.82) is 0 Å². The molecule has 0 aromatic carbocycles. The van der Waals surface area contributed by atoms with Gasteiger partial charge in [0.15, 0.2) is 0 Å². The van der Waals surface area contributed by atoms with Crippen molar-refractivity contribution in [2.75, 3.05) is 13.1 Å². The molecule has 1 aliphatic rings. The van der Waals surface area contributed by atoms with Crippen LogP contribution in [0.25, 0.3) is 6.08 Å². The lowest BCUT2D eigenvalue weighted by Crippen LogP contribution is -2.29. The molecule has 2 rings (SSSR count). The molecule has 2 N–H and O–H groups in total. The topological polar surface area (TPSA) is 86.7 Å². The smallest absolute Gasteiger partial charge is 0.303 e. The second-order valence-electron chi connectivity index (χ2n) is 6.71. The van der Waals surface area contributed by atoms with Crippen molar-refractivity contribution in [3.05, 3.63) is 27.3 Å². The van der Waals surface area contributed by atoms with Crippen molar-refractivity contribution >= 4 is 63.5 Å². The van der Waals surface area contributed by atoms with E-state index in [1.807, 2.05) is 23.6 Å². The average Bonchev–Trinajstić information content (AvgIpc) is 3.27. The number of unbranched alkanes of at least 4 members (excludes halogenated alkanes) is 4. The molecule has 0 atom stereocenters. The molecule has 0 unspecified atom stereocenters. The number of nitrogens with one attached hydrogen (secondary N) is 1. The minimum absolute atomic E-state index is 0.0210. The lowest BCUT2D eigenvalue weighted by molar-refractivity contribution is -0.137. The summed E-state index contributed by atoms with van der Waals surface area (Å²) in [6.45, 7) is 1.17. The molecule has 1 saturated heterocycles. The Morgan fingerprint density at radius 3 is 2.62 bits per heavy atom. The number of thiocarbonyl (C=S) groups is 1. The first-order valence-corrected chi connectivity index (χ1v) is 11.8. The summed E-state index contributed by atoms with van der Waals surface area (Å²) in [5, 5.41) is 13.4. The highest BCUT2D eigenvalue weighted by atomic mass is 32.2. The van der Waals surface area contributed by atoms with Gasteiger partial charge in [-0.15, -0.1) is 11.3 Å². The molecule has 0 bridgehead atoms. The summed E-state index contributed by atoms with van der Waals surface area (Å²) in [4.78, 5) is 38.1. The molecule has 6 nitrogen and oxygen atoms in total. The largest absolute Gasteiger partial charge is 0.481 e. The van der Waals surface area contributed by atoms with Crippen LogP contribution in [0.2, 0.25) is 0 Å². The van der Waals surface area contributed by atoms with Gasteiger partial charge in [0.2, 0.25) is 5.91 Å². The first-order chi connectivity index (χ1) is 14.0. The van der Waals surface area contributed by atoms with Crippen molar-refractivity contribution in [3.63, 3.8) is 0 Å². The van der Waals surface area contributed by atoms with Crippen LogP contribution < -0.4 is 5.32 Å². The second-order valence-corrected chi connectivity index (χ2v) is 9.37. The van der Waals surface area contributed by atoms with Crippen LogP contribution in [0.4, 0.5) is 0 Å². The maximum Gasteiger partial charge on any atom is 0.303 e. The number of aliphatic carboxylic acids is 1. The summed E-state index contributed by atoms with van der Waals surface area (Å²) in [6.07, 6.45) is 7.20. The molecule has 0 saturated carbocycles. The summed E-state index contributed by atoms with van der Waals surface area (Å²) >= 11 is 8.27. The maximum absolute atomic E-state index is 12.5. The number of thioether (sulfide) groups is 1. The van der Waals surface area contributed by atoms with Crippen molar-refractivity contribution in [2.24, 2.45) is 0 Å². The van der Waals surface area contributed by atoms with Gasteiger partial charge >= 0.3 is 5.97 Å². The van der Waals surface area contributed by atoms with E-state index in [9.17, 15) is 14.4 Å². The first-order valence-electron chi connectivity index (χ1n) is 9.74. The number of nitrogens with zero attached hydrogens (tertiary/aromatic N) is 1. The quantitative estimate of drug-likeness (QED) is 0.263. The molecule has 158 valence electrons. The summed E-state index contributed by atoms with van der Waals surface area (Å²) in [5.41, 5.74) is 0. The Kier molecular flexibility index (Phi) is 10.4. The highest BCUT2D eigenvalue weighted by Crippen LogP contribution is 2.33. The molecule has 29 heavy (non-hydrogen) atoms. The molecule has 0 radical (unpaired) electrons. The Balaban J connectivity index is 1.56. The molecule has 1 aliphatic heterocycles. The number of hydrogen-bond acceptors (Lipinski definition) is 6. The fourth-order valence-corrected chi connectivity index (χ4v) is 4.85. The Hall–Kier alpha value is -1.71.